The molecular weight excluding hydrogens is 318 g/mol. The van der Waals surface area contributed by atoms with E-state index in [4.69, 9.17) is 22.1 Å². The van der Waals surface area contributed by atoms with Crippen molar-refractivity contribution in [3.63, 3.8) is 0 Å². The van der Waals surface area contributed by atoms with Crippen molar-refractivity contribution in [3.05, 3.63) is 52.5 Å². The van der Waals surface area contributed by atoms with Gasteiger partial charge in [0.15, 0.2) is 11.5 Å². The van der Waals surface area contributed by atoms with Crippen LogP contribution < -0.4 is 15.9 Å². The van der Waals surface area contributed by atoms with Crippen LogP contribution in [0.15, 0.2) is 41.5 Å². The summed E-state index contributed by atoms with van der Waals surface area (Å²) in [5.41, 5.74) is 9.55. The SMILES string of the molecule is CCOc1cc(/C=N/NC(=O)c2ccc(N)cc2)cc(Cl)c1O. The van der Waals surface area contributed by atoms with Crippen molar-refractivity contribution in [1.29, 1.82) is 0 Å². The van der Waals surface area contributed by atoms with Crippen LogP contribution in [0.2, 0.25) is 5.02 Å². The summed E-state index contributed by atoms with van der Waals surface area (Å²) in [6.45, 7) is 2.18. The Morgan fingerprint density at radius 3 is 2.74 bits per heavy atom. The van der Waals surface area contributed by atoms with E-state index in [0.717, 1.165) is 0 Å². The summed E-state index contributed by atoms with van der Waals surface area (Å²) in [6, 6.07) is 9.55. The molecule has 0 fully saturated rings. The zero-order valence-corrected chi connectivity index (χ0v) is 13.2. The number of phenolic OH excluding ortho intramolecular Hbond substituents is 1. The minimum Gasteiger partial charge on any atom is -0.503 e. The zero-order valence-electron chi connectivity index (χ0n) is 12.4. The lowest BCUT2D eigenvalue weighted by molar-refractivity contribution is 0.0955. The van der Waals surface area contributed by atoms with Gasteiger partial charge in [-0.1, -0.05) is 11.6 Å². The fourth-order valence-electron chi connectivity index (χ4n) is 1.80. The molecule has 0 saturated carbocycles. The van der Waals surface area contributed by atoms with Gasteiger partial charge in [0.2, 0.25) is 0 Å². The fraction of sp³-hybridized carbons (Fsp3) is 0.125. The molecule has 0 radical (unpaired) electrons. The van der Waals surface area contributed by atoms with E-state index in [9.17, 15) is 9.90 Å². The molecule has 0 aromatic heterocycles. The number of anilines is 1. The standard InChI is InChI=1S/C16H16ClN3O3/c1-2-23-14-8-10(7-13(17)15(14)21)9-19-20-16(22)11-3-5-12(18)6-4-11/h3-9,21H,2,18H2,1H3,(H,20,22)/b19-9+. The molecular formula is C16H16ClN3O3. The summed E-state index contributed by atoms with van der Waals surface area (Å²) < 4.78 is 5.27. The van der Waals surface area contributed by atoms with Crippen molar-refractivity contribution in [1.82, 2.24) is 5.43 Å². The van der Waals surface area contributed by atoms with Crippen molar-refractivity contribution < 1.29 is 14.6 Å². The van der Waals surface area contributed by atoms with E-state index >= 15 is 0 Å². The Labute approximate surface area is 138 Å². The first-order valence-electron chi connectivity index (χ1n) is 6.85. The average molecular weight is 334 g/mol. The summed E-state index contributed by atoms with van der Waals surface area (Å²) in [4.78, 5) is 11.9. The topological polar surface area (TPSA) is 96.9 Å². The smallest absolute Gasteiger partial charge is 0.271 e. The predicted octanol–water partition coefficient (Wildman–Crippen LogP) is 2.79. The number of hydrogen-bond donors (Lipinski definition) is 3. The maximum Gasteiger partial charge on any atom is 0.271 e. The second-order valence-electron chi connectivity index (χ2n) is 4.60. The maximum absolute atomic E-state index is 11.9. The predicted molar refractivity (Wildman–Crippen MR) is 90.2 cm³/mol. The number of amides is 1. The first kappa shape index (κ1) is 16.6. The normalized spacial score (nSPS) is 10.7. The van der Waals surface area contributed by atoms with Crippen LogP contribution in [-0.2, 0) is 0 Å². The number of rotatable bonds is 5. The minimum absolute atomic E-state index is 0.128. The van der Waals surface area contributed by atoms with Gasteiger partial charge < -0.3 is 15.6 Å². The molecule has 7 heteroatoms. The van der Waals surface area contributed by atoms with Gasteiger partial charge in [0.1, 0.15) is 0 Å². The van der Waals surface area contributed by atoms with Crippen molar-refractivity contribution in [2.75, 3.05) is 12.3 Å². The molecule has 0 aliphatic rings. The molecule has 0 heterocycles. The quantitative estimate of drug-likeness (QED) is 0.445. The van der Waals surface area contributed by atoms with Crippen LogP contribution in [-0.4, -0.2) is 23.8 Å². The molecule has 0 saturated heterocycles. The highest BCUT2D eigenvalue weighted by molar-refractivity contribution is 6.32. The molecule has 6 nitrogen and oxygen atoms in total. The number of carbonyl (C=O) groups is 1. The number of ether oxygens (including phenoxy) is 1. The molecule has 0 spiro atoms. The molecule has 0 bridgehead atoms. The van der Waals surface area contributed by atoms with Gasteiger partial charge >= 0.3 is 0 Å². The Bertz CT molecular complexity index is 730. The van der Waals surface area contributed by atoms with E-state index in [1.54, 1.807) is 37.3 Å². The van der Waals surface area contributed by atoms with Gasteiger partial charge in [0.05, 0.1) is 17.8 Å². The van der Waals surface area contributed by atoms with Gasteiger partial charge in [-0.3, -0.25) is 4.79 Å². The summed E-state index contributed by atoms with van der Waals surface area (Å²) in [5.74, 6) is -0.237. The van der Waals surface area contributed by atoms with Gasteiger partial charge in [-0.05, 0) is 48.9 Å². The van der Waals surface area contributed by atoms with E-state index in [-0.39, 0.29) is 22.4 Å². The van der Waals surface area contributed by atoms with Gasteiger partial charge in [-0.25, -0.2) is 5.43 Å². The number of carbonyl (C=O) groups excluding carboxylic acids is 1. The number of benzene rings is 2. The first-order chi connectivity index (χ1) is 11.0. The number of aromatic hydroxyl groups is 1. The van der Waals surface area contributed by atoms with Crippen LogP contribution >= 0.6 is 11.6 Å². The van der Waals surface area contributed by atoms with E-state index in [1.165, 1.54) is 12.3 Å². The van der Waals surface area contributed by atoms with E-state index in [2.05, 4.69) is 10.5 Å². The van der Waals surface area contributed by atoms with Crippen LogP contribution in [0.1, 0.15) is 22.8 Å². The van der Waals surface area contributed by atoms with Gasteiger partial charge in [-0.15, -0.1) is 0 Å². The lowest BCUT2D eigenvalue weighted by Crippen LogP contribution is -2.17. The average Bonchev–Trinajstić information content (AvgIpc) is 2.53. The van der Waals surface area contributed by atoms with Gasteiger partial charge in [0, 0.05) is 11.3 Å². The number of hydrogen-bond acceptors (Lipinski definition) is 5. The van der Waals surface area contributed by atoms with Crippen molar-refractivity contribution >= 4 is 29.4 Å². The number of nitrogens with one attached hydrogen (secondary N) is 1. The molecule has 2 rings (SSSR count). The Morgan fingerprint density at radius 1 is 1.39 bits per heavy atom. The number of nitrogens with zero attached hydrogens (tertiary/aromatic N) is 1. The number of phenols is 1. The number of nitrogen functional groups attached to an aromatic ring is 1. The maximum atomic E-state index is 11.9. The Kier molecular flexibility index (Phi) is 5.43. The second-order valence-corrected chi connectivity index (χ2v) is 5.01. The molecule has 120 valence electrons. The molecule has 1 amide bonds. The van der Waals surface area contributed by atoms with Crippen LogP contribution in [0.25, 0.3) is 0 Å². The molecule has 4 N–H and O–H groups in total. The van der Waals surface area contributed by atoms with Gasteiger partial charge in [-0.2, -0.15) is 5.10 Å². The van der Waals surface area contributed by atoms with Crippen LogP contribution in [0.3, 0.4) is 0 Å². The van der Waals surface area contributed by atoms with Crippen molar-refractivity contribution in [2.45, 2.75) is 6.92 Å². The molecule has 0 atom stereocenters. The van der Waals surface area contributed by atoms with Gasteiger partial charge in [0.25, 0.3) is 5.91 Å². The highest BCUT2D eigenvalue weighted by Crippen LogP contribution is 2.34. The van der Waals surface area contributed by atoms with Crippen LogP contribution in [0.5, 0.6) is 11.5 Å². The van der Waals surface area contributed by atoms with Crippen molar-refractivity contribution in [3.8, 4) is 11.5 Å². The number of hydrazone groups is 1. The van der Waals surface area contributed by atoms with E-state index in [1.807, 2.05) is 0 Å². The Hall–Kier alpha value is -2.73. The summed E-state index contributed by atoms with van der Waals surface area (Å²) in [6.07, 6.45) is 1.41. The van der Waals surface area contributed by atoms with E-state index < -0.39 is 0 Å². The van der Waals surface area contributed by atoms with Crippen LogP contribution in [0, 0.1) is 0 Å². The summed E-state index contributed by atoms with van der Waals surface area (Å²) >= 11 is 5.92. The Morgan fingerprint density at radius 2 is 2.09 bits per heavy atom. The van der Waals surface area contributed by atoms with Crippen molar-refractivity contribution in [2.24, 2.45) is 5.10 Å². The van der Waals surface area contributed by atoms with E-state index in [0.29, 0.717) is 23.4 Å². The second kappa shape index (κ2) is 7.51. The Balaban J connectivity index is 2.08. The summed E-state index contributed by atoms with van der Waals surface area (Å²) in [7, 11) is 0. The fourth-order valence-corrected chi connectivity index (χ4v) is 2.02. The molecule has 0 aliphatic carbocycles. The highest BCUT2D eigenvalue weighted by atomic mass is 35.5. The minimum atomic E-state index is -0.365. The van der Waals surface area contributed by atoms with Crippen LogP contribution in [0.4, 0.5) is 5.69 Å². The number of nitrogens with two attached hydrogens (primary N) is 1. The zero-order chi connectivity index (χ0) is 16.8. The monoisotopic (exact) mass is 333 g/mol. The number of halogens is 1. The third-order valence-electron chi connectivity index (χ3n) is 2.90. The molecule has 23 heavy (non-hydrogen) atoms. The lowest BCUT2D eigenvalue weighted by atomic mass is 10.2. The third-order valence-corrected chi connectivity index (χ3v) is 3.19. The molecule has 2 aromatic carbocycles. The largest absolute Gasteiger partial charge is 0.503 e. The summed E-state index contributed by atoms with van der Waals surface area (Å²) in [5, 5.41) is 13.8. The molecule has 2 aromatic rings. The molecule has 0 aliphatic heterocycles. The molecule has 0 unspecified atom stereocenters. The first-order valence-corrected chi connectivity index (χ1v) is 7.23. The lowest BCUT2D eigenvalue weighted by Gasteiger charge is -2.08. The highest BCUT2D eigenvalue weighted by Gasteiger charge is 2.09. The third kappa shape index (κ3) is 4.37.